The van der Waals surface area contributed by atoms with E-state index in [4.69, 9.17) is 10.2 Å². The average Bonchev–Trinajstić information content (AvgIpc) is 2.36. The van der Waals surface area contributed by atoms with Gasteiger partial charge in [0, 0.05) is 13.1 Å². The van der Waals surface area contributed by atoms with Gasteiger partial charge in [0.25, 0.3) is 0 Å². The first-order valence-electron chi connectivity index (χ1n) is 5.92. The van der Waals surface area contributed by atoms with Crippen LogP contribution in [0.1, 0.15) is 34.6 Å². The van der Waals surface area contributed by atoms with Crippen LogP contribution in [0.25, 0.3) is 0 Å². The van der Waals surface area contributed by atoms with Gasteiger partial charge in [-0.3, -0.25) is 4.72 Å². The van der Waals surface area contributed by atoms with Crippen LogP contribution in [0.3, 0.4) is 0 Å². The van der Waals surface area contributed by atoms with Crippen molar-refractivity contribution in [3.8, 4) is 0 Å². The number of anilines is 1. The molecular weight excluding hydrogens is 300 g/mol. The molecule has 0 aliphatic carbocycles. The summed E-state index contributed by atoms with van der Waals surface area (Å²) in [6.07, 6.45) is 0. The van der Waals surface area contributed by atoms with Crippen molar-refractivity contribution in [1.29, 1.82) is 0 Å². The number of nitrogens with zero attached hydrogens (tertiary/aromatic N) is 1. The molecule has 1 aromatic rings. The normalized spacial score (nSPS) is 11.7. The molecule has 3 N–H and O–H groups in total. The topological polar surface area (TPSA) is 124 Å². The van der Waals surface area contributed by atoms with Crippen LogP contribution >= 0.6 is 0 Å². The summed E-state index contributed by atoms with van der Waals surface area (Å²) in [6.45, 7) is 3.32. The molecule has 0 bridgehead atoms. The van der Waals surface area contributed by atoms with Crippen molar-refractivity contribution < 1.29 is 28.2 Å². The highest BCUT2D eigenvalue weighted by molar-refractivity contribution is 7.90. The Bertz CT molecular complexity index is 636. The van der Waals surface area contributed by atoms with Gasteiger partial charge in [0.2, 0.25) is 0 Å². The quantitative estimate of drug-likeness (QED) is 0.721. The summed E-state index contributed by atoms with van der Waals surface area (Å²) in [5.41, 5.74) is -0.764. The van der Waals surface area contributed by atoms with E-state index in [1.54, 1.807) is 13.8 Å². The number of hydrogen-bond acceptors (Lipinski definition) is 4. The van der Waals surface area contributed by atoms with Crippen LogP contribution in [-0.4, -0.2) is 48.0 Å². The molecule has 0 spiro atoms. The highest BCUT2D eigenvalue weighted by Gasteiger charge is 2.21. The molecule has 0 fully saturated rings. The first-order valence-corrected chi connectivity index (χ1v) is 7.36. The van der Waals surface area contributed by atoms with E-state index in [0.717, 1.165) is 22.5 Å². The fourth-order valence-electron chi connectivity index (χ4n) is 1.43. The Labute approximate surface area is 122 Å². The lowest BCUT2D eigenvalue weighted by atomic mass is 10.1. The minimum absolute atomic E-state index is 0.125. The standard InChI is InChI=1S/C12H16N2O6S/c1-7(2)14(3)21(19,20)13-10-5-8(11(15)16)4-9(6-10)12(17)18/h4-7,13H,1-3H3,(H,15,16)(H,17,18). The lowest BCUT2D eigenvalue weighted by Gasteiger charge is -2.21. The third-order valence-electron chi connectivity index (χ3n) is 2.78. The fourth-order valence-corrected chi connectivity index (χ4v) is 2.55. The second kappa shape index (κ2) is 6.10. The van der Waals surface area contributed by atoms with Gasteiger partial charge in [0.1, 0.15) is 0 Å². The van der Waals surface area contributed by atoms with Crippen LogP contribution in [-0.2, 0) is 10.2 Å². The van der Waals surface area contributed by atoms with Gasteiger partial charge in [0.15, 0.2) is 0 Å². The minimum atomic E-state index is -3.90. The van der Waals surface area contributed by atoms with E-state index in [1.807, 2.05) is 0 Å². The maximum atomic E-state index is 12.0. The van der Waals surface area contributed by atoms with Crippen molar-refractivity contribution in [2.45, 2.75) is 19.9 Å². The van der Waals surface area contributed by atoms with Gasteiger partial charge in [-0.2, -0.15) is 12.7 Å². The van der Waals surface area contributed by atoms with E-state index in [0.29, 0.717) is 0 Å². The molecule has 0 amide bonds. The van der Waals surface area contributed by atoms with Gasteiger partial charge < -0.3 is 10.2 Å². The summed E-state index contributed by atoms with van der Waals surface area (Å²) in [5.74, 6) is -2.70. The van der Waals surface area contributed by atoms with Gasteiger partial charge in [-0.25, -0.2) is 9.59 Å². The lowest BCUT2D eigenvalue weighted by Crippen LogP contribution is -2.37. The largest absolute Gasteiger partial charge is 0.478 e. The van der Waals surface area contributed by atoms with Crippen LogP contribution in [0, 0.1) is 0 Å². The molecule has 0 aliphatic heterocycles. The molecule has 0 saturated heterocycles. The van der Waals surface area contributed by atoms with Crippen molar-refractivity contribution >= 4 is 27.8 Å². The van der Waals surface area contributed by atoms with E-state index in [9.17, 15) is 18.0 Å². The lowest BCUT2D eigenvalue weighted by molar-refractivity contribution is 0.0696. The average molecular weight is 316 g/mol. The Morgan fingerprint density at radius 3 is 1.86 bits per heavy atom. The van der Waals surface area contributed by atoms with Gasteiger partial charge >= 0.3 is 22.1 Å². The zero-order valence-corrected chi connectivity index (χ0v) is 12.5. The van der Waals surface area contributed by atoms with E-state index in [-0.39, 0.29) is 22.9 Å². The Balaban J connectivity index is 3.25. The van der Waals surface area contributed by atoms with Crippen LogP contribution in [0.15, 0.2) is 18.2 Å². The molecular formula is C12H16N2O6S. The second-order valence-electron chi connectivity index (χ2n) is 4.63. The zero-order valence-electron chi connectivity index (χ0n) is 11.7. The number of nitrogens with one attached hydrogen (secondary N) is 1. The third-order valence-corrected chi connectivity index (χ3v) is 4.45. The molecule has 1 rings (SSSR count). The number of aromatic carboxylic acids is 2. The molecule has 0 saturated carbocycles. The summed E-state index contributed by atoms with van der Waals surface area (Å²) in [4.78, 5) is 21.9. The smallest absolute Gasteiger partial charge is 0.335 e. The van der Waals surface area contributed by atoms with E-state index in [2.05, 4.69) is 4.72 Å². The van der Waals surface area contributed by atoms with Gasteiger partial charge in [-0.15, -0.1) is 0 Å². The number of carboxylic acids is 2. The molecule has 0 aromatic heterocycles. The predicted octanol–water partition coefficient (Wildman–Crippen LogP) is 1.08. The summed E-state index contributed by atoms with van der Waals surface area (Å²) in [6, 6.07) is 2.75. The van der Waals surface area contributed by atoms with E-state index >= 15 is 0 Å². The van der Waals surface area contributed by atoms with E-state index in [1.165, 1.54) is 7.05 Å². The highest BCUT2D eigenvalue weighted by atomic mass is 32.2. The Hall–Kier alpha value is -2.13. The van der Waals surface area contributed by atoms with Crippen LogP contribution in [0.5, 0.6) is 0 Å². The molecule has 0 atom stereocenters. The predicted molar refractivity (Wildman–Crippen MR) is 75.8 cm³/mol. The highest BCUT2D eigenvalue weighted by Crippen LogP contribution is 2.18. The number of hydrogen-bond donors (Lipinski definition) is 3. The third kappa shape index (κ3) is 4.17. The molecule has 8 nitrogen and oxygen atoms in total. The van der Waals surface area contributed by atoms with Gasteiger partial charge in [-0.05, 0) is 32.0 Å². The molecule has 21 heavy (non-hydrogen) atoms. The number of benzene rings is 1. The van der Waals surface area contributed by atoms with Crippen molar-refractivity contribution in [2.75, 3.05) is 11.8 Å². The maximum Gasteiger partial charge on any atom is 0.335 e. The Morgan fingerprint density at radius 2 is 1.52 bits per heavy atom. The SMILES string of the molecule is CC(C)N(C)S(=O)(=O)Nc1cc(C(=O)O)cc(C(=O)O)c1. The van der Waals surface area contributed by atoms with E-state index < -0.39 is 22.1 Å². The first kappa shape index (κ1) is 16.9. The summed E-state index contributed by atoms with van der Waals surface area (Å²) >= 11 is 0. The Morgan fingerprint density at radius 1 is 1.10 bits per heavy atom. The van der Waals surface area contributed by atoms with Crippen LogP contribution < -0.4 is 4.72 Å². The monoisotopic (exact) mass is 316 g/mol. The summed E-state index contributed by atoms with van der Waals surface area (Å²) in [5, 5.41) is 17.9. The second-order valence-corrected chi connectivity index (χ2v) is 6.36. The summed E-state index contributed by atoms with van der Waals surface area (Å²) < 4.78 is 27.3. The van der Waals surface area contributed by atoms with Gasteiger partial charge in [0.05, 0.1) is 16.8 Å². The molecule has 1 aromatic carbocycles. The molecule has 9 heteroatoms. The number of rotatable bonds is 6. The minimum Gasteiger partial charge on any atom is -0.478 e. The molecule has 0 radical (unpaired) electrons. The molecule has 0 aliphatic rings. The summed E-state index contributed by atoms with van der Waals surface area (Å²) in [7, 11) is -2.55. The van der Waals surface area contributed by atoms with Crippen molar-refractivity contribution in [3.05, 3.63) is 29.3 Å². The van der Waals surface area contributed by atoms with Crippen LogP contribution in [0.2, 0.25) is 0 Å². The number of carboxylic acid groups (broad SMARTS) is 2. The Kier molecular flexibility index (Phi) is 4.92. The first-order chi connectivity index (χ1) is 9.54. The maximum absolute atomic E-state index is 12.0. The van der Waals surface area contributed by atoms with Crippen molar-refractivity contribution in [2.24, 2.45) is 0 Å². The molecule has 116 valence electrons. The molecule has 0 unspecified atom stereocenters. The number of carbonyl (C=O) groups is 2. The van der Waals surface area contributed by atoms with Crippen molar-refractivity contribution in [1.82, 2.24) is 4.31 Å². The van der Waals surface area contributed by atoms with Gasteiger partial charge in [-0.1, -0.05) is 0 Å². The zero-order chi connectivity index (χ0) is 16.4. The molecule has 0 heterocycles. The van der Waals surface area contributed by atoms with Crippen LogP contribution in [0.4, 0.5) is 5.69 Å². The fraction of sp³-hybridized carbons (Fsp3) is 0.333. The van der Waals surface area contributed by atoms with Crippen molar-refractivity contribution in [3.63, 3.8) is 0 Å².